The van der Waals surface area contributed by atoms with Gasteiger partial charge in [-0.1, -0.05) is 65.7 Å². The Morgan fingerprint density at radius 1 is 1.14 bits per heavy atom. The van der Waals surface area contributed by atoms with Crippen LogP contribution in [0, 0.1) is 23.7 Å². The van der Waals surface area contributed by atoms with E-state index in [-0.39, 0.29) is 40.0 Å². The lowest BCUT2D eigenvalue weighted by Gasteiger charge is -2.33. The minimum absolute atomic E-state index is 0. The molecule has 2 aromatic rings. The number of benzene rings is 1. The second-order valence-corrected chi connectivity index (χ2v) is 10.2. The smallest absolute Gasteiger partial charge is 0.268 e. The Bertz CT molecular complexity index is 1040. The zero-order valence-electron chi connectivity index (χ0n) is 21.5. The van der Waals surface area contributed by atoms with Crippen LogP contribution in [-0.2, 0) is 9.59 Å². The molecule has 5 rings (SSSR count). The van der Waals surface area contributed by atoms with E-state index in [1.165, 1.54) is 6.42 Å². The van der Waals surface area contributed by atoms with Gasteiger partial charge in [-0.2, -0.15) is 0 Å². The fourth-order valence-electron chi connectivity index (χ4n) is 6.05. The fourth-order valence-corrected chi connectivity index (χ4v) is 6.05. The molecule has 3 aliphatic rings. The van der Waals surface area contributed by atoms with Crippen molar-refractivity contribution in [3.8, 4) is 0 Å². The number of hydrogen-bond donors (Lipinski definition) is 3. The Morgan fingerprint density at radius 2 is 1.83 bits per heavy atom. The third kappa shape index (κ3) is 5.60. The van der Waals surface area contributed by atoms with Crippen LogP contribution >= 0.6 is 0 Å². The summed E-state index contributed by atoms with van der Waals surface area (Å²) in [4.78, 5) is 43.8. The van der Waals surface area contributed by atoms with Gasteiger partial charge in [-0.25, -0.2) is 0 Å². The highest BCUT2D eigenvalue weighted by molar-refractivity contribution is 6.00. The van der Waals surface area contributed by atoms with Gasteiger partial charge in [0.05, 0.1) is 6.04 Å². The summed E-state index contributed by atoms with van der Waals surface area (Å²) in [5.41, 5.74) is 1.32. The van der Waals surface area contributed by atoms with Gasteiger partial charge in [-0.15, -0.1) is 0 Å². The predicted molar refractivity (Wildman–Crippen MR) is 149 cm³/mol. The van der Waals surface area contributed by atoms with Crippen molar-refractivity contribution in [2.24, 2.45) is 23.7 Å². The maximum Gasteiger partial charge on any atom is 0.268 e. The summed E-state index contributed by atoms with van der Waals surface area (Å²) in [5.74, 6) is 1.57. The average Bonchev–Trinajstić information content (AvgIpc) is 3.22. The summed E-state index contributed by atoms with van der Waals surface area (Å²) >= 11 is 0. The van der Waals surface area contributed by atoms with Crippen molar-refractivity contribution in [2.45, 2.75) is 79.3 Å². The molecule has 5 atom stereocenters. The van der Waals surface area contributed by atoms with Crippen molar-refractivity contribution in [1.29, 1.82) is 0 Å². The van der Waals surface area contributed by atoms with Crippen molar-refractivity contribution in [3.05, 3.63) is 36.0 Å². The number of piperidine rings is 1. The summed E-state index contributed by atoms with van der Waals surface area (Å²) < 4.78 is 0. The molecule has 0 spiro atoms. The van der Waals surface area contributed by atoms with E-state index in [9.17, 15) is 14.4 Å². The number of aromatic nitrogens is 1. The van der Waals surface area contributed by atoms with Crippen LogP contribution in [0.3, 0.4) is 0 Å². The minimum atomic E-state index is -0.666. The maximum absolute atomic E-state index is 13.2. The molecule has 2 heterocycles. The number of nitrogens with one attached hydrogen (secondary N) is 3. The second kappa shape index (κ2) is 11.9. The number of nitrogens with zero attached hydrogens (tertiary/aromatic N) is 1. The van der Waals surface area contributed by atoms with Crippen LogP contribution in [0.25, 0.3) is 10.9 Å². The van der Waals surface area contributed by atoms with Crippen molar-refractivity contribution in [1.82, 2.24) is 20.5 Å². The predicted octanol–water partition coefficient (Wildman–Crippen LogP) is 5.23. The number of carbonyl (C=O) groups is 3. The van der Waals surface area contributed by atoms with E-state index in [0.29, 0.717) is 30.0 Å². The standard InChI is InChI=1S/C26H34N4O3.C2H6.CH4.2H2/c1-15-19-14-30(26(33)17-8-4-3-5-9-17)22(23(15)19)13-27-24(31)16(2)28-25(32)21-12-18-10-6-7-11-20(18)29-21;1-2;;;/h6-7,10-12,15-17,19,22-23,29H,3-5,8-9,13-14H2,1-2H3,(H,27,31)(H,28,32);1-2H3;1H4;2*1H/t15?,16-,19+,22+,23?;;;;/m0..../s1. The van der Waals surface area contributed by atoms with E-state index in [4.69, 9.17) is 0 Å². The molecule has 2 unspecified atom stereocenters. The number of para-hydroxylation sites is 1. The summed E-state index contributed by atoms with van der Waals surface area (Å²) in [6.45, 7) is 9.22. The number of hydrogen-bond acceptors (Lipinski definition) is 3. The van der Waals surface area contributed by atoms with Gasteiger partial charge in [0.25, 0.3) is 5.91 Å². The van der Waals surface area contributed by atoms with E-state index >= 15 is 0 Å². The van der Waals surface area contributed by atoms with E-state index < -0.39 is 6.04 Å². The molecule has 36 heavy (non-hydrogen) atoms. The second-order valence-electron chi connectivity index (χ2n) is 10.2. The van der Waals surface area contributed by atoms with E-state index in [1.54, 1.807) is 13.0 Å². The summed E-state index contributed by atoms with van der Waals surface area (Å²) in [6.07, 6.45) is 5.50. The number of H-pyrrole nitrogens is 1. The Labute approximate surface area is 218 Å². The highest BCUT2D eigenvalue weighted by Crippen LogP contribution is 2.55. The Kier molecular flexibility index (Phi) is 9.20. The molecular weight excluding hydrogens is 452 g/mol. The molecule has 1 aromatic heterocycles. The summed E-state index contributed by atoms with van der Waals surface area (Å²) in [6, 6.07) is 8.87. The molecule has 202 valence electrons. The Balaban J connectivity index is 0.00000141. The van der Waals surface area contributed by atoms with Crippen molar-refractivity contribution in [2.75, 3.05) is 13.1 Å². The molecule has 0 bridgehead atoms. The molecule has 2 aliphatic carbocycles. The molecule has 7 nitrogen and oxygen atoms in total. The van der Waals surface area contributed by atoms with Gasteiger partial charge in [-0.3, -0.25) is 14.4 Å². The van der Waals surface area contributed by atoms with Gasteiger partial charge >= 0.3 is 0 Å². The quantitative estimate of drug-likeness (QED) is 0.507. The van der Waals surface area contributed by atoms with Gasteiger partial charge in [-0.05, 0) is 49.7 Å². The van der Waals surface area contributed by atoms with Crippen LogP contribution < -0.4 is 10.6 Å². The molecule has 3 amide bonds. The lowest BCUT2D eigenvalue weighted by Crippen LogP contribution is -2.51. The normalized spacial score (nSPS) is 25.6. The van der Waals surface area contributed by atoms with Crippen LogP contribution in [0.5, 0.6) is 0 Å². The molecule has 7 heteroatoms. The lowest BCUT2D eigenvalue weighted by molar-refractivity contribution is -0.138. The van der Waals surface area contributed by atoms with Gasteiger partial charge in [0.15, 0.2) is 0 Å². The number of likely N-dealkylation sites (tertiary alicyclic amines) is 1. The van der Waals surface area contributed by atoms with Gasteiger partial charge in [0.1, 0.15) is 11.7 Å². The zero-order chi connectivity index (χ0) is 25.1. The number of fused-ring (bicyclic) bond motifs is 2. The van der Waals surface area contributed by atoms with Crippen LogP contribution in [0.1, 0.15) is 80.6 Å². The molecule has 1 saturated heterocycles. The van der Waals surface area contributed by atoms with E-state index in [2.05, 4.69) is 27.4 Å². The largest absolute Gasteiger partial charge is 0.352 e. The molecule has 1 aromatic carbocycles. The van der Waals surface area contributed by atoms with Crippen LogP contribution in [0.15, 0.2) is 30.3 Å². The highest BCUT2D eigenvalue weighted by Gasteiger charge is 2.60. The monoisotopic (exact) mass is 500 g/mol. The van der Waals surface area contributed by atoms with Crippen LogP contribution in [0.4, 0.5) is 0 Å². The Morgan fingerprint density at radius 3 is 2.53 bits per heavy atom. The number of aromatic amines is 1. The number of carbonyl (C=O) groups excluding carboxylic acids is 3. The summed E-state index contributed by atoms with van der Waals surface area (Å²) in [7, 11) is 0. The molecule has 3 fully saturated rings. The van der Waals surface area contributed by atoms with E-state index in [1.807, 2.05) is 38.1 Å². The first-order chi connectivity index (χ1) is 16.9. The highest BCUT2D eigenvalue weighted by atomic mass is 16.2. The van der Waals surface area contributed by atoms with Crippen molar-refractivity contribution >= 4 is 28.6 Å². The molecular formula is C29H48N4O3. The molecule has 1 aliphatic heterocycles. The third-order valence-electron chi connectivity index (χ3n) is 8.13. The number of rotatable bonds is 6. The molecule has 3 N–H and O–H groups in total. The van der Waals surface area contributed by atoms with Gasteiger partial charge in [0.2, 0.25) is 11.8 Å². The fraction of sp³-hybridized carbons (Fsp3) is 0.621. The maximum atomic E-state index is 13.2. The van der Waals surface area contributed by atoms with Crippen LogP contribution in [0.2, 0.25) is 0 Å². The number of amides is 3. The van der Waals surface area contributed by atoms with E-state index in [0.717, 1.165) is 43.1 Å². The zero-order valence-corrected chi connectivity index (χ0v) is 21.5. The first-order valence-electron chi connectivity index (χ1n) is 13.4. The van der Waals surface area contributed by atoms with Crippen molar-refractivity contribution < 1.29 is 17.2 Å². The average molecular weight is 501 g/mol. The lowest BCUT2D eigenvalue weighted by atomic mass is 9.88. The molecule has 2 saturated carbocycles. The Hall–Kier alpha value is -2.83. The molecule has 0 radical (unpaired) electrons. The van der Waals surface area contributed by atoms with Gasteiger partial charge in [0, 0.05) is 32.8 Å². The first-order valence-corrected chi connectivity index (χ1v) is 13.4. The van der Waals surface area contributed by atoms with Crippen molar-refractivity contribution in [3.63, 3.8) is 0 Å². The minimum Gasteiger partial charge on any atom is -0.352 e. The summed E-state index contributed by atoms with van der Waals surface area (Å²) in [5, 5.41) is 6.76. The first kappa shape index (κ1) is 27.8. The van der Waals surface area contributed by atoms with Crippen LogP contribution in [-0.4, -0.2) is 52.8 Å². The SMILES string of the molecule is C.CC.CC1C2[C@@H]1CN(C(=O)C1CCCCC1)[C@@H]2CNC(=O)[C@H](C)NC(=O)c1cc2ccccc2[nH]1.[HH].[HH]. The third-order valence-corrected chi connectivity index (χ3v) is 8.13. The van der Waals surface area contributed by atoms with Gasteiger partial charge < -0.3 is 20.5 Å². The topological polar surface area (TPSA) is 94.3 Å².